The molecule has 0 saturated heterocycles. The van der Waals surface area contributed by atoms with Crippen molar-refractivity contribution in [2.75, 3.05) is 6.61 Å². The Labute approximate surface area is 89.2 Å². The number of aryl methyl sites for hydroxylation is 2. The van der Waals surface area contributed by atoms with Crippen molar-refractivity contribution in [1.29, 1.82) is 5.26 Å². The van der Waals surface area contributed by atoms with Crippen LogP contribution < -0.4 is 9.47 Å². The van der Waals surface area contributed by atoms with Crippen molar-refractivity contribution in [2.24, 2.45) is 0 Å². The van der Waals surface area contributed by atoms with Gasteiger partial charge in [-0.05, 0) is 37.1 Å². The summed E-state index contributed by atoms with van der Waals surface area (Å²) in [6.07, 6.45) is 0.233. The van der Waals surface area contributed by atoms with Crippen LogP contribution in [0.5, 0.6) is 11.5 Å². The van der Waals surface area contributed by atoms with Gasteiger partial charge in [-0.25, -0.2) is 0 Å². The molecule has 3 nitrogen and oxygen atoms in total. The minimum absolute atomic E-state index is 0.135. The molecule has 1 aliphatic heterocycles. The molecular weight excluding hydrogens is 190 g/mol. The second-order valence-corrected chi connectivity index (χ2v) is 3.80. The van der Waals surface area contributed by atoms with E-state index in [2.05, 4.69) is 6.07 Å². The molecule has 15 heavy (non-hydrogen) atoms. The van der Waals surface area contributed by atoms with E-state index >= 15 is 0 Å². The van der Waals surface area contributed by atoms with Crippen LogP contribution in [-0.2, 0) is 0 Å². The molecular formula is C12H13NO2. The molecule has 0 N–H and O–H groups in total. The minimum atomic E-state index is -0.135. The quantitative estimate of drug-likeness (QED) is 0.703. The van der Waals surface area contributed by atoms with Gasteiger partial charge < -0.3 is 9.47 Å². The Morgan fingerprint density at radius 2 is 2.00 bits per heavy atom. The molecule has 1 aromatic carbocycles. The number of hydrogen-bond donors (Lipinski definition) is 0. The Morgan fingerprint density at radius 1 is 1.33 bits per heavy atom. The molecule has 0 radical (unpaired) electrons. The number of rotatable bonds is 1. The van der Waals surface area contributed by atoms with Crippen molar-refractivity contribution >= 4 is 0 Å². The van der Waals surface area contributed by atoms with Gasteiger partial charge in [-0.15, -0.1) is 0 Å². The van der Waals surface area contributed by atoms with Crippen LogP contribution in [0.1, 0.15) is 17.5 Å². The van der Waals surface area contributed by atoms with E-state index in [0.717, 1.165) is 11.5 Å². The van der Waals surface area contributed by atoms with Crippen molar-refractivity contribution in [1.82, 2.24) is 0 Å². The van der Waals surface area contributed by atoms with E-state index < -0.39 is 0 Å². The lowest BCUT2D eigenvalue weighted by atomic mass is 10.1. The van der Waals surface area contributed by atoms with Crippen molar-refractivity contribution < 1.29 is 9.47 Å². The van der Waals surface area contributed by atoms with Crippen molar-refractivity contribution in [2.45, 2.75) is 26.4 Å². The average molecular weight is 203 g/mol. The van der Waals surface area contributed by atoms with Gasteiger partial charge in [0, 0.05) is 0 Å². The average Bonchev–Trinajstić information content (AvgIpc) is 2.21. The third-order valence-corrected chi connectivity index (χ3v) is 2.60. The van der Waals surface area contributed by atoms with E-state index in [1.165, 1.54) is 11.1 Å². The fraction of sp³-hybridized carbons (Fsp3) is 0.417. The molecule has 0 amide bonds. The molecule has 1 unspecified atom stereocenters. The van der Waals surface area contributed by atoms with Gasteiger partial charge in [0.2, 0.25) is 0 Å². The minimum Gasteiger partial charge on any atom is -0.486 e. The van der Waals surface area contributed by atoms with E-state index in [-0.39, 0.29) is 6.10 Å². The zero-order valence-electron chi connectivity index (χ0n) is 8.91. The molecule has 0 fully saturated rings. The fourth-order valence-electron chi connectivity index (χ4n) is 1.57. The Hall–Kier alpha value is -1.69. The lowest BCUT2D eigenvalue weighted by molar-refractivity contribution is 0.0941. The van der Waals surface area contributed by atoms with Gasteiger partial charge in [0.25, 0.3) is 0 Å². The first kappa shape index (κ1) is 9.85. The summed E-state index contributed by atoms with van der Waals surface area (Å²) in [5, 5.41) is 8.58. The van der Waals surface area contributed by atoms with Gasteiger partial charge in [-0.2, -0.15) is 5.26 Å². The van der Waals surface area contributed by atoms with Gasteiger partial charge in [0.05, 0.1) is 12.5 Å². The molecule has 1 atom stereocenters. The second kappa shape index (κ2) is 3.82. The number of nitriles is 1. The van der Waals surface area contributed by atoms with Gasteiger partial charge in [0.15, 0.2) is 11.5 Å². The van der Waals surface area contributed by atoms with Crippen LogP contribution in [-0.4, -0.2) is 12.7 Å². The Kier molecular flexibility index (Phi) is 2.51. The highest BCUT2D eigenvalue weighted by atomic mass is 16.6. The maximum atomic E-state index is 8.58. The first-order valence-electron chi connectivity index (χ1n) is 4.98. The van der Waals surface area contributed by atoms with Gasteiger partial charge in [-0.1, -0.05) is 0 Å². The molecule has 3 heteroatoms. The lowest BCUT2D eigenvalue weighted by Gasteiger charge is -2.25. The fourth-order valence-corrected chi connectivity index (χ4v) is 1.57. The molecule has 1 aliphatic rings. The summed E-state index contributed by atoms with van der Waals surface area (Å²) in [5.74, 6) is 1.54. The Balaban J connectivity index is 2.27. The second-order valence-electron chi connectivity index (χ2n) is 3.80. The predicted octanol–water partition coefficient (Wildman–Crippen LogP) is 2.36. The SMILES string of the molecule is Cc1cc2c(cc1C)OC(CC#N)CO2. The maximum Gasteiger partial charge on any atom is 0.162 e. The number of fused-ring (bicyclic) bond motifs is 1. The molecule has 78 valence electrons. The van der Waals surface area contributed by atoms with E-state index in [4.69, 9.17) is 14.7 Å². The largest absolute Gasteiger partial charge is 0.486 e. The Bertz CT molecular complexity index is 420. The summed E-state index contributed by atoms with van der Waals surface area (Å²) in [4.78, 5) is 0. The third kappa shape index (κ3) is 1.89. The van der Waals surface area contributed by atoms with Crippen LogP contribution in [0.4, 0.5) is 0 Å². The monoisotopic (exact) mass is 203 g/mol. The lowest BCUT2D eigenvalue weighted by Crippen LogP contribution is -2.28. The summed E-state index contributed by atoms with van der Waals surface area (Å²) >= 11 is 0. The molecule has 0 spiro atoms. The zero-order valence-corrected chi connectivity index (χ0v) is 8.91. The summed E-state index contributed by atoms with van der Waals surface area (Å²) in [7, 11) is 0. The zero-order chi connectivity index (χ0) is 10.8. The Morgan fingerprint density at radius 3 is 2.67 bits per heavy atom. The number of hydrogen-bond acceptors (Lipinski definition) is 3. The van der Waals surface area contributed by atoms with Gasteiger partial charge >= 0.3 is 0 Å². The van der Waals surface area contributed by atoms with Crippen LogP contribution in [0.25, 0.3) is 0 Å². The third-order valence-electron chi connectivity index (χ3n) is 2.60. The predicted molar refractivity (Wildman–Crippen MR) is 56.1 cm³/mol. The normalized spacial score (nSPS) is 18.3. The maximum absolute atomic E-state index is 8.58. The van der Waals surface area contributed by atoms with Crippen LogP contribution in [0.3, 0.4) is 0 Å². The molecule has 0 bridgehead atoms. The highest BCUT2D eigenvalue weighted by Crippen LogP contribution is 2.34. The van der Waals surface area contributed by atoms with Crippen LogP contribution in [0.2, 0.25) is 0 Å². The summed E-state index contributed by atoms with van der Waals surface area (Å²) in [5.41, 5.74) is 2.37. The summed E-state index contributed by atoms with van der Waals surface area (Å²) in [6, 6.07) is 6.04. The number of benzene rings is 1. The van der Waals surface area contributed by atoms with Crippen molar-refractivity contribution in [3.63, 3.8) is 0 Å². The molecule has 0 saturated carbocycles. The van der Waals surface area contributed by atoms with Crippen LogP contribution in [0.15, 0.2) is 12.1 Å². The number of nitrogens with zero attached hydrogens (tertiary/aromatic N) is 1. The van der Waals surface area contributed by atoms with Gasteiger partial charge in [0.1, 0.15) is 12.7 Å². The molecule has 0 aliphatic carbocycles. The van der Waals surface area contributed by atoms with E-state index in [9.17, 15) is 0 Å². The van der Waals surface area contributed by atoms with Crippen molar-refractivity contribution in [3.8, 4) is 17.6 Å². The highest BCUT2D eigenvalue weighted by Gasteiger charge is 2.21. The highest BCUT2D eigenvalue weighted by molar-refractivity contribution is 5.47. The first-order valence-corrected chi connectivity index (χ1v) is 4.98. The standard InChI is InChI=1S/C12H13NO2/c1-8-5-11-12(6-9(8)2)15-10(3-4-13)7-14-11/h5-6,10H,3,7H2,1-2H3. The molecule has 2 rings (SSSR count). The topological polar surface area (TPSA) is 42.2 Å². The smallest absolute Gasteiger partial charge is 0.162 e. The molecule has 0 aromatic heterocycles. The number of ether oxygens (including phenoxy) is 2. The van der Waals surface area contributed by atoms with E-state index in [1.54, 1.807) is 0 Å². The summed E-state index contributed by atoms with van der Waals surface area (Å²) in [6.45, 7) is 4.54. The van der Waals surface area contributed by atoms with Crippen LogP contribution in [0, 0.1) is 25.2 Å². The molecule has 1 heterocycles. The van der Waals surface area contributed by atoms with Crippen molar-refractivity contribution in [3.05, 3.63) is 23.3 Å². The molecule has 1 aromatic rings. The first-order chi connectivity index (χ1) is 7.20. The summed E-state index contributed by atoms with van der Waals surface area (Å²) < 4.78 is 11.2. The van der Waals surface area contributed by atoms with E-state index in [1.807, 2.05) is 26.0 Å². The van der Waals surface area contributed by atoms with Gasteiger partial charge in [-0.3, -0.25) is 0 Å². The van der Waals surface area contributed by atoms with Crippen LogP contribution >= 0.6 is 0 Å². The van der Waals surface area contributed by atoms with E-state index in [0.29, 0.717) is 13.0 Å².